The molecule has 0 radical (unpaired) electrons. The molecule has 0 saturated heterocycles. The van der Waals surface area contributed by atoms with Crippen molar-refractivity contribution in [3.63, 3.8) is 0 Å². The first-order chi connectivity index (χ1) is 9.29. The van der Waals surface area contributed by atoms with Gasteiger partial charge >= 0.3 is 0 Å². The minimum absolute atomic E-state index is 0.0488. The third-order valence-electron chi connectivity index (χ3n) is 3.68. The van der Waals surface area contributed by atoms with E-state index in [4.69, 9.17) is 10.5 Å². The highest BCUT2D eigenvalue weighted by Crippen LogP contribution is 2.27. The Morgan fingerprint density at radius 1 is 1.32 bits per heavy atom. The average Bonchev–Trinajstić information content (AvgIpc) is 2.97. The largest absolute Gasteiger partial charge is 0.484 e. The second-order valence-corrected chi connectivity index (χ2v) is 5.06. The molecular weight excluding hydrogens is 240 g/mol. The number of nitrogens with two attached hydrogens (primary N) is 1. The second kappa shape index (κ2) is 7.14. The van der Waals surface area contributed by atoms with Gasteiger partial charge in [-0.2, -0.15) is 0 Å². The summed E-state index contributed by atoms with van der Waals surface area (Å²) in [5.41, 5.74) is 5.75. The number of hydrogen-bond acceptors (Lipinski definition) is 3. The van der Waals surface area contributed by atoms with Crippen LogP contribution in [0.15, 0.2) is 30.3 Å². The molecule has 0 aromatic heterocycles. The van der Waals surface area contributed by atoms with E-state index in [0.29, 0.717) is 18.2 Å². The topological polar surface area (TPSA) is 64.3 Å². The summed E-state index contributed by atoms with van der Waals surface area (Å²) in [6.45, 7) is 0.551. The molecule has 0 aliphatic heterocycles. The van der Waals surface area contributed by atoms with Crippen LogP contribution in [0.3, 0.4) is 0 Å². The van der Waals surface area contributed by atoms with E-state index in [-0.39, 0.29) is 18.6 Å². The Morgan fingerprint density at radius 3 is 2.63 bits per heavy atom. The van der Waals surface area contributed by atoms with Crippen LogP contribution in [0.4, 0.5) is 0 Å². The van der Waals surface area contributed by atoms with Crippen molar-refractivity contribution in [3.05, 3.63) is 30.3 Å². The Labute approximate surface area is 114 Å². The monoisotopic (exact) mass is 262 g/mol. The molecule has 1 amide bonds. The number of nitrogens with one attached hydrogen (secondary N) is 1. The summed E-state index contributed by atoms with van der Waals surface area (Å²) >= 11 is 0. The van der Waals surface area contributed by atoms with Gasteiger partial charge in [0.2, 0.25) is 0 Å². The number of benzene rings is 1. The Balaban J connectivity index is 1.76. The lowest BCUT2D eigenvalue weighted by molar-refractivity contribution is -0.124. The Hall–Kier alpha value is -1.55. The van der Waals surface area contributed by atoms with Gasteiger partial charge in [0, 0.05) is 12.6 Å². The van der Waals surface area contributed by atoms with Gasteiger partial charge in [-0.25, -0.2) is 0 Å². The fraction of sp³-hybridized carbons (Fsp3) is 0.533. The van der Waals surface area contributed by atoms with E-state index in [2.05, 4.69) is 5.32 Å². The number of para-hydroxylation sites is 1. The zero-order chi connectivity index (χ0) is 13.5. The molecule has 1 aliphatic rings. The van der Waals surface area contributed by atoms with Gasteiger partial charge in [-0.05, 0) is 30.9 Å². The van der Waals surface area contributed by atoms with Crippen molar-refractivity contribution in [3.8, 4) is 5.75 Å². The molecule has 3 N–H and O–H groups in total. The average molecular weight is 262 g/mol. The maximum atomic E-state index is 11.9. The molecule has 1 aliphatic carbocycles. The van der Waals surface area contributed by atoms with Crippen molar-refractivity contribution in [2.24, 2.45) is 11.7 Å². The number of amides is 1. The molecule has 1 atom stereocenters. The van der Waals surface area contributed by atoms with Gasteiger partial charge in [0.1, 0.15) is 5.75 Å². The SMILES string of the molecule is NCC(NC(=O)COc1ccccc1)C1CCCC1. The van der Waals surface area contributed by atoms with E-state index >= 15 is 0 Å². The molecular formula is C15H22N2O2. The summed E-state index contributed by atoms with van der Waals surface area (Å²) in [7, 11) is 0. The van der Waals surface area contributed by atoms with Crippen molar-refractivity contribution in [2.75, 3.05) is 13.2 Å². The first-order valence-electron chi connectivity index (χ1n) is 6.97. The van der Waals surface area contributed by atoms with Crippen LogP contribution in [-0.2, 0) is 4.79 Å². The third-order valence-corrected chi connectivity index (χ3v) is 3.68. The molecule has 2 rings (SSSR count). The van der Waals surface area contributed by atoms with Crippen LogP contribution in [0.25, 0.3) is 0 Å². The fourth-order valence-electron chi connectivity index (χ4n) is 2.64. The quantitative estimate of drug-likeness (QED) is 0.820. The van der Waals surface area contributed by atoms with Crippen molar-refractivity contribution in [1.82, 2.24) is 5.32 Å². The molecule has 0 spiro atoms. The Bertz CT molecular complexity index is 388. The lowest BCUT2D eigenvalue weighted by atomic mass is 9.98. The fourth-order valence-corrected chi connectivity index (χ4v) is 2.64. The van der Waals surface area contributed by atoms with Crippen LogP contribution < -0.4 is 15.8 Å². The normalized spacial score (nSPS) is 17.1. The molecule has 4 heteroatoms. The molecule has 0 bridgehead atoms. The van der Waals surface area contributed by atoms with Crippen LogP contribution in [-0.4, -0.2) is 25.1 Å². The van der Waals surface area contributed by atoms with Gasteiger partial charge in [-0.15, -0.1) is 0 Å². The van der Waals surface area contributed by atoms with Gasteiger partial charge in [0.25, 0.3) is 5.91 Å². The summed E-state index contributed by atoms with van der Waals surface area (Å²) in [4.78, 5) is 11.9. The molecule has 1 aromatic rings. The maximum absolute atomic E-state index is 11.9. The third kappa shape index (κ3) is 4.24. The summed E-state index contributed by atoms with van der Waals surface area (Å²) in [5.74, 6) is 1.15. The molecule has 1 fully saturated rings. The standard InChI is InChI=1S/C15H22N2O2/c16-10-14(12-6-4-5-7-12)17-15(18)11-19-13-8-2-1-3-9-13/h1-3,8-9,12,14H,4-7,10-11,16H2,(H,17,18). The molecule has 0 heterocycles. The highest BCUT2D eigenvalue weighted by atomic mass is 16.5. The molecule has 1 unspecified atom stereocenters. The molecule has 104 valence electrons. The lowest BCUT2D eigenvalue weighted by Crippen LogP contribution is -2.46. The van der Waals surface area contributed by atoms with Crippen LogP contribution in [0.2, 0.25) is 0 Å². The first kappa shape index (κ1) is 13.9. The van der Waals surface area contributed by atoms with E-state index in [1.807, 2.05) is 30.3 Å². The molecule has 4 nitrogen and oxygen atoms in total. The zero-order valence-electron chi connectivity index (χ0n) is 11.2. The van der Waals surface area contributed by atoms with E-state index in [1.54, 1.807) is 0 Å². The predicted octanol–water partition coefficient (Wildman–Crippen LogP) is 1.70. The van der Waals surface area contributed by atoms with Crippen molar-refractivity contribution in [2.45, 2.75) is 31.7 Å². The number of carbonyl (C=O) groups is 1. The summed E-state index contributed by atoms with van der Waals surface area (Å²) < 4.78 is 5.42. The molecule has 1 saturated carbocycles. The number of hydrogen-bond donors (Lipinski definition) is 2. The summed E-state index contributed by atoms with van der Waals surface area (Å²) in [6, 6.07) is 9.45. The Kier molecular flexibility index (Phi) is 5.21. The lowest BCUT2D eigenvalue weighted by Gasteiger charge is -2.23. The van der Waals surface area contributed by atoms with Crippen molar-refractivity contribution in [1.29, 1.82) is 0 Å². The van der Waals surface area contributed by atoms with Gasteiger partial charge in [-0.3, -0.25) is 4.79 Å². The number of carbonyl (C=O) groups excluding carboxylic acids is 1. The Morgan fingerprint density at radius 2 is 2.00 bits per heavy atom. The van der Waals surface area contributed by atoms with Crippen molar-refractivity contribution < 1.29 is 9.53 Å². The highest BCUT2D eigenvalue weighted by Gasteiger charge is 2.25. The molecule has 19 heavy (non-hydrogen) atoms. The van der Waals surface area contributed by atoms with Crippen LogP contribution in [0.1, 0.15) is 25.7 Å². The smallest absolute Gasteiger partial charge is 0.258 e. The predicted molar refractivity (Wildman–Crippen MR) is 74.9 cm³/mol. The number of ether oxygens (including phenoxy) is 1. The van der Waals surface area contributed by atoms with Crippen LogP contribution in [0, 0.1) is 5.92 Å². The maximum Gasteiger partial charge on any atom is 0.258 e. The second-order valence-electron chi connectivity index (χ2n) is 5.06. The van der Waals surface area contributed by atoms with E-state index in [1.165, 1.54) is 25.7 Å². The summed E-state index contributed by atoms with van der Waals surface area (Å²) in [6.07, 6.45) is 4.83. The zero-order valence-corrected chi connectivity index (χ0v) is 11.2. The van der Waals surface area contributed by atoms with E-state index in [9.17, 15) is 4.79 Å². The van der Waals surface area contributed by atoms with Crippen molar-refractivity contribution >= 4 is 5.91 Å². The van der Waals surface area contributed by atoms with Gasteiger partial charge < -0.3 is 15.8 Å². The van der Waals surface area contributed by atoms with Gasteiger partial charge in [-0.1, -0.05) is 31.0 Å². The minimum atomic E-state index is -0.0915. The first-order valence-corrected chi connectivity index (χ1v) is 6.97. The van der Waals surface area contributed by atoms with Crippen LogP contribution >= 0.6 is 0 Å². The molecule has 1 aromatic carbocycles. The van der Waals surface area contributed by atoms with Gasteiger partial charge in [0.15, 0.2) is 6.61 Å². The minimum Gasteiger partial charge on any atom is -0.484 e. The van der Waals surface area contributed by atoms with E-state index in [0.717, 1.165) is 0 Å². The van der Waals surface area contributed by atoms with Crippen LogP contribution in [0.5, 0.6) is 5.75 Å². The number of rotatable bonds is 6. The highest BCUT2D eigenvalue weighted by molar-refractivity contribution is 5.77. The summed E-state index contributed by atoms with van der Waals surface area (Å²) in [5, 5.41) is 2.99. The van der Waals surface area contributed by atoms with E-state index < -0.39 is 0 Å². The van der Waals surface area contributed by atoms with Gasteiger partial charge in [0.05, 0.1) is 0 Å².